The first-order chi connectivity index (χ1) is 10.8. The van der Waals surface area contributed by atoms with Gasteiger partial charge in [0.15, 0.2) is 0 Å². The molecule has 0 bridgehead atoms. The van der Waals surface area contributed by atoms with Crippen molar-refractivity contribution >= 4 is 27.8 Å². The molecule has 0 unspecified atom stereocenters. The van der Waals surface area contributed by atoms with Gasteiger partial charge >= 0.3 is 0 Å². The molecule has 2 heterocycles. The molecule has 6 heteroatoms. The molecule has 108 valence electrons. The highest BCUT2D eigenvalue weighted by atomic mass is 16.1. The van der Waals surface area contributed by atoms with E-state index in [-0.39, 0.29) is 0 Å². The highest BCUT2D eigenvalue weighted by Crippen LogP contribution is 2.13. The molecular weight excluding hydrogens is 278 g/mol. The third kappa shape index (κ3) is 2.76. The highest BCUT2D eigenvalue weighted by Gasteiger charge is 2.06. The number of carbonyl (C=O) groups is 1. The van der Waals surface area contributed by atoms with Crippen molar-refractivity contribution < 1.29 is 4.79 Å². The molecule has 0 saturated heterocycles. The number of amides is 1. The number of nitrogens with one attached hydrogen (secondary N) is 1. The van der Waals surface area contributed by atoms with E-state index in [4.69, 9.17) is 5.73 Å². The zero-order chi connectivity index (χ0) is 15.4. The first kappa shape index (κ1) is 13.7. The Labute approximate surface area is 126 Å². The Kier molecular flexibility index (Phi) is 3.74. The summed E-state index contributed by atoms with van der Waals surface area (Å²) in [4.78, 5) is 25.7. The molecule has 2 aromatic carbocycles. The lowest BCUT2D eigenvalue weighted by atomic mass is 10.2. The van der Waals surface area contributed by atoms with Crippen LogP contribution in [0.1, 0.15) is 10.4 Å². The number of aromatic nitrogens is 4. The Hall–Kier alpha value is -3.28. The molecule has 0 saturated carbocycles. The average Bonchev–Trinajstić information content (AvgIpc) is 3.04. The summed E-state index contributed by atoms with van der Waals surface area (Å²) in [7, 11) is 0. The summed E-state index contributed by atoms with van der Waals surface area (Å²) in [6.07, 6.45) is 4.90. The van der Waals surface area contributed by atoms with Crippen molar-refractivity contribution in [2.24, 2.45) is 5.73 Å². The van der Waals surface area contributed by atoms with Crippen LogP contribution in [0, 0.1) is 0 Å². The minimum absolute atomic E-state index is 0.451. The van der Waals surface area contributed by atoms with Crippen LogP contribution < -0.4 is 5.73 Å². The van der Waals surface area contributed by atoms with E-state index in [2.05, 4.69) is 19.9 Å². The number of hydrogen-bond acceptors (Lipinski definition) is 4. The van der Waals surface area contributed by atoms with Crippen LogP contribution in [0.25, 0.3) is 21.9 Å². The van der Waals surface area contributed by atoms with Crippen molar-refractivity contribution in [2.75, 3.05) is 0 Å². The molecule has 0 fully saturated rings. The van der Waals surface area contributed by atoms with E-state index >= 15 is 0 Å². The minimum Gasteiger partial charge on any atom is -0.366 e. The van der Waals surface area contributed by atoms with Crippen LogP contribution in [-0.4, -0.2) is 25.8 Å². The van der Waals surface area contributed by atoms with E-state index in [0.29, 0.717) is 11.1 Å². The van der Waals surface area contributed by atoms with Gasteiger partial charge in [0.2, 0.25) is 0 Å². The van der Waals surface area contributed by atoms with Crippen LogP contribution in [0.5, 0.6) is 0 Å². The van der Waals surface area contributed by atoms with E-state index in [0.717, 1.165) is 16.4 Å². The van der Waals surface area contributed by atoms with Crippen molar-refractivity contribution in [3.05, 3.63) is 66.9 Å². The molecule has 0 atom stereocenters. The molecule has 0 spiro atoms. The molecule has 0 aliphatic rings. The fourth-order valence-electron chi connectivity index (χ4n) is 2.09. The van der Waals surface area contributed by atoms with Gasteiger partial charge in [-0.2, -0.15) is 0 Å². The number of imidazole rings is 1. The van der Waals surface area contributed by atoms with Crippen LogP contribution in [0.3, 0.4) is 0 Å². The van der Waals surface area contributed by atoms with Crippen molar-refractivity contribution in [1.82, 2.24) is 19.9 Å². The van der Waals surface area contributed by atoms with Gasteiger partial charge in [0, 0.05) is 11.6 Å². The van der Waals surface area contributed by atoms with Gasteiger partial charge in [-0.1, -0.05) is 24.3 Å². The predicted molar refractivity (Wildman–Crippen MR) is 84.1 cm³/mol. The van der Waals surface area contributed by atoms with Gasteiger partial charge < -0.3 is 10.7 Å². The molecule has 22 heavy (non-hydrogen) atoms. The van der Waals surface area contributed by atoms with Gasteiger partial charge in [0.1, 0.15) is 11.8 Å². The number of benzene rings is 2. The molecule has 0 radical (unpaired) electrons. The second-order valence-electron chi connectivity index (χ2n) is 4.55. The Balaban J connectivity index is 0.000000133. The molecule has 4 aromatic rings. The number of rotatable bonds is 1. The summed E-state index contributed by atoms with van der Waals surface area (Å²) in [5.41, 5.74) is 8.05. The fourth-order valence-corrected chi connectivity index (χ4v) is 2.09. The zero-order valence-electron chi connectivity index (χ0n) is 11.6. The van der Waals surface area contributed by atoms with Crippen molar-refractivity contribution in [3.8, 4) is 0 Å². The number of nitrogens with zero attached hydrogens (tertiary/aromatic N) is 3. The van der Waals surface area contributed by atoms with E-state index < -0.39 is 5.91 Å². The molecule has 3 N–H and O–H groups in total. The standard InChI is InChI=1S/C8H7N3O.C8H6N2/c9-8(12)5-2-1-3-6-7(5)11-4-10-6;1-2-4-8-7(3-1)5-9-6-10-8/h1-4H,(H2,9,12)(H,10,11);1-6H. The minimum atomic E-state index is -0.451. The van der Waals surface area contributed by atoms with Gasteiger partial charge in [0.05, 0.1) is 22.9 Å². The highest BCUT2D eigenvalue weighted by molar-refractivity contribution is 6.03. The third-order valence-electron chi connectivity index (χ3n) is 3.13. The number of aromatic amines is 1. The van der Waals surface area contributed by atoms with E-state index in [9.17, 15) is 4.79 Å². The largest absolute Gasteiger partial charge is 0.366 e. The van der Waals surface area contributed by atoms with Crippen LogP contribution in [0.2, 0.25) is 0 Å². The summed E-state index contributed by atoms with van der Waals surface area (Å²) in [5, 5.41) is 1.09. The Morgan fingerprint density at radius 1 is 1.05 bits per heavy atom. The van der Waals surface area contributed by atoms with Crippen molar-refractivity contribution in [3.63, 3.8) is 0 Å². The maximum absolute atomic E-state index is 10.9. The SMILES string of the molecule is NC(=O)c1cccc2[nH]cnc12.c1ccc2ncncc2c1. The second kappa shape index (κ2) is 6.01. The van der Waals surface area contributed by atoms with Crippen molar-refractivity contribution in [1.29, 1.82) is 0 Å². The van der Waals surface area contributed by atoms with E-state index in [1.54, 1.807) is 18.5 Å². The second-order valence-corrected chi connectivity index (χ2v) is 4.55. The smallest absolute Gasteiger partial charge is 0.250 e. The van der Waals surface area contributed by atoms with Crippen LogP contribution in [0.15, 0.2) is 61.3 Å². The molecule has 0 aliphatic carbocycles. The molecule has 1 amide bonds. The molecule has 6 nitrogen and oxygen atoms in total. The normalized spacial score (nSPS) is 10.2. The molecular formula is C16H13N5O. The quantitative estimate of drug-likeness (QED) is 0.562. The Bertz CT molecular complexity index is 866. The van der Waals surface area contributed by atoms with Gasteiger partial charge in [0.25, 0.3) is 5.91 Å². The number of primary amides is 1. The third-order valence-corrected chi connectivity index (χ3v) is 3.13. The van der Waals surface area contributed by atoms with Gasteiger partial charge in [-0.25, -0.2) is 15.0 Å². The molecule has 0 aliphatic heterocycles. The Morgan fingerprint density at radius 2 is 1.91 bits per heavy atom. The van der Waals surface area contributed by atoms with Crippen LogP contribution >= 0.6 is 0 Å². The molecule has 4 rings (SSSR count). The van der Waals surface area contributed by atoms with E-state index in [1.165, 1.54) is 6.33 Å². The van der Waals surface area contributed by atoms with Crippen LogP contribution in [-0.2, 0) is 0 Å². The lowest BCUT2D eigenvalue weighted by molar-refractivity contribution is 0.100. The van der Waals surface area contributed by atoms with Gasteiger partial charge in [-0.3, -0.25) is 4.79 Å². The lowest BCUT2D eigenvalue weighted by Gasteiger charge is -1.94. The number of nitrogens with two attached hydrogens (primary N) is 1. The molecule has 2 aromatic heterocycles. The fraction of sp³-hybridized carbons (Fsp3) is 0. The number of H-pyrrole nitrogens is 1. The van der Waals surface area contributed by atoms with Crippen molar-refractivity contribution in [2.45, 2.75) is 0 Å². The number of carbonyl (C=O) groups excluding carboxylic acids is 1. The number of fused-ring (bicyclic) bond motifs is 2. The maximum atomic E-state index is 10.9. The number of hydrogen-bond donors (Lipinski definition) is 2. The van der Waals surface area contributed by atoms with E-state index in [1.807, 2.05) is 36.5 Å². The first-order valence-electron chi connectivity index (χ1n) is 6.62. The maximum Gasteiger partial charge on any atom is 0.250 e. The summed E-state index contributed by atoms with van der Waals surface area (Å²) in [6.45, 7) is 0. The summed E-state index contributed by atoms with van der Waals surface area (Å²) >= 11 is 0. The zero-order valence-corrected chi connectivity index (χ0v) is 11.6. The topological polar surface area (TPSA) is 97.6 Å². The monoisotopic (exact) mass is 291 g/mol. The van der Waals surface area contributed by atoms with Gasteiger partial charge in [-0.05, 0) is 18.2 Å². The average molecular weight is 291 g/mol. The Morgan fingerprint density at radius 3 is 2.73 bits per heavy atom. The summed E-state index contributed by atoms with van der Waals surface area (Å²) < 4.78 is 0. The summed E-state index contributed by atoms with van der Waals surface area (Å²) in [5.74, 6) is -0.451. The number of para-hydroxylation sites is 2. The lowest BCUT2D eigenvalue weighted by Crippen LogP contribution is -2.11. The van der Waals surface area contributed by atoms with Crippen LogP contribution in [0.4, 0.5) is 0 Å². The summed E-state index contributed by atoms with van der Waals surface area (Å²) in [6, 6.07) is 13.2. The predicted octanol–water partition coefficient (Wildman–Crippen LogP) is 2.29. The first-order valence-corrected chi connectivity index (χ1v) is 6.62. The van der Waals surface area contributed by atoms with Gasteiger partial charge in [-0.15, -0.1) is 0 Å².